The Morgan fingerprint density at radius 1 is 1.45 bits per heavy atom. The maximum Gasteiger partial charge on any atom is 0.313 e. The van der Waals surface area contributed by atoms with Crippen molar-refractivity contribution in [2.24, 2.45) is 5.92 Å². The summed E-state index contributed by atoms with van der Waals surface area (Å²) in [6.45, 7) is 6.44. The third-order valence-corrected chi connectivity index (χ3v) is 4.75. The van der Waals surface area contributed by atoms with Crippen LogP contribution in [-0.2, 0) is 4.79 Å². The lowest BCUT2D eigenvalue weighted by molar-refractivity contribution is -0.133. The van der Waals surface area contributed by atoms with Gasteiger partial charge in [-0.25, -0.2) is 4.98 Å². The maximum absolute atomic E-state index is 10.8. The number of aliphatic carboxylic acids is 1. The Bertz CT molecular complexity index is 639. The number of carbonyl (C=O) groups is 1. The van der Waals surface area contributed by atoms with Crippen LogP contribution in [0.15, 0.2) is 27.8 Å². The van der Waals surface area contributed by atoms with Gasteiger partial charge in [0.1, 0.15) is 0 Å². The molecule has 2 aromatic rings. The molecule has 0 bridgehead atoms. The second-order valence-corrected chi connectivity index (χ2v) is 6.92. The van der Waals surface area contributed by atoms with E-state index < -0.39 is 5.97 Å². The van der Waals surface area contributed by atoms with E-state index in [1.165, 1.54) is 11.8 Å². The first-order chi connectivity index (χ1) is 9.40. The van der Waals surface area contributed by atoms with E-state index in [-0.39, 0.29) is 11.8 Å². The lowest BCUT2D eigenvalue weighted by Crippen LogP contribution is -2.13. The molecule has 0 fully saturated rings. The fourth-order valence-electron chi connectivity index (χ4n) is 1.96. The van der Waals surface area contributed by atoms with E-state index in [0.717, 1.165) is 20.7 Å². The molecule has 0 saturated carbocycles. The number of benzene rings is 1. The fourth-order valence-corrected chi connectivity index (χ4v) is 3.13. The van der Waals surface area contributed by atoms with Gasteiger partial charge in [0.25, 0.3) is 0 Å². The third-order valence-electron chi connectivity index (χ3n) is 3.32. The fraction of sp³-hybridized carbons (Fsp3) is 0.429. The Balaban J connectivity index is 2.54. The van der Waals surface area contributed by atoms with Crippen molar-refractivity contribution in [1.29, 1.82) is 0 Å². The molecular formula is C14H17BrN2O2S. The first-order valence-corrected chi connectivity index (χ1v) is 8.20. The van der Waals surface area contributed by atoms with Gasteiger partial charge >= 0.3 is 5.97 Å². The molecule has 0 amide bonds. The van der Waals surface area contributed by atoms with E-state index in [4.69, 9.17) is 5.11 Å². The van der Waals surface area contributed by atoms with Gasteiger partial charge in [0, 0.05) is 10.5 Å². The van der Waals surface area contributed by atoms with Crippen molar-refractivity contribution >= 4 is 44.7 Å². The number of nitrogens with zero attached hydrogens (tertiary/aromatic N) is 2. The first kappa shape index (κ1) is 15.4. The van der Waals surface area contributed by atoms with Crippen LogP contribution in [0.5, 0.6) is 0 Å². The van der Waals surface area contributed by atoms with Crippen LogP contribution in [0, 0.1) is 5.92 Å². The smallest absolute Gasteiger partial charge is 0.313 e. The highest BCUT2D eigenvalue weighted by Crippen LogP contribution is 2.32. The summed E-state index contributed by atoms with van der Waals surface area (Å²) in [5.74, 6) is -0.363. The molecule has 0 aliphatic rings. The second-order valence-electron chi connectivity index (χ2n) is 5.06. The van der Waals surface area contributed by atoms with Crippen molar-refractivity contribution in [1.82, 2.24) is 9.55 Å². The minimum absolute atomic E-state index is 0.0231. The number of hydrogen-bond donors (Lipinski definition) is 1. The average molecular weight is 357 g/mol. The number of hydrogen-bond acceptors (Lipinski definition) is 3. The monoisotopic (exact) mass is 356 g/mol. The maximum atomic E-state index is 10.8. The summed E-state index contributed by atoms with van der Waals surface area (Å²) in [6, 6.07) is 6.19. The summed E-state index contributed by atoms with van der Waals surface area (Å²) in [5, 5.41) is 9.63. The van der Waals surface area contributed by atoms with Crippen LogP contribution in [0.4, 0.5) is 0 Å². The number of rotatable bonds is 5. The standard InChI is InChI=1S/C14H17BrN2O2S/c1-8(2)9(3)17-12-6-10(15)4-5-11(12)16-14(17)20-7-13(18)19/h4-6,8-9H,7H2,1-3H3,(H,18,19). The van der Waals surface area contributed by atoms with Crippen LogP contribution in [0.2, 0.25) is 0 Å². The highest BCUT2D eigenvalue weighted by molar-refractivity contribution is 9.10. The van der Waals surface area contributed by atoms with E-state index in [1.807, 2.05) is 18.2 Å². The van der Waals surface area contributed by atoms with Crippen molar-refractivity contribution < 1.29 is 9.90 Å². The van der Waals surface area contributed by atoms with Crippen LogP contribution in [0.1, 0.15) is 26.8 Å². The lowest BCUT2D eigenvalue weighted by atomic mass is 10.1. The molecule has 0 saturated heterocycles. The Hall–Kier alpha value is -1.01. The summed E-state index contributed by atoms with van der Waals surface area (Å²) in [5.41, 5.74) is 1.93. The number of thioether (sulfide) groups is 1. The topological polar surface area (TPSA) is 55.1 Å². The summed E-state index contributed by atoms with van der Waals surface area (Å²) < 4.78 is 3.13. The van der Waals surface area contributed by atoms with E-state index >= 15 is 0 Å². The molecule has 1 heterocycles. The largest absolute Gasteiger partial charge is 0.481 e. The minimum Gasteiger partial charge on any atom is -0.481 e. The minimum atomic E-state index is -0.827. The number of imidazole rings is 1. The van der Waals surface area contributed by atoms with E-state index in [1.54, 1.807) is 0 Å². The van der Waals surface area contributed by atoms with E-state index in [2.05, 4.69) is 46.3 Å². The van der Waals surface area contributed by atoms with Crippen molar-refractivity contribution in [3.8, 4) is 0 Å². The van der Waals surface area contributed by atoms with Crippen LogP contribution in [0.25, 0.3) is 11.0 Å². The van der Waals surface area contributed by atoms with Crippen molar-refractivity contribution in [3.63, 3.8) is 0 Å². The molecule has 1 N–H and O–H groups in total. The molecule has 20 heavy (non-hydrogen) atoms. The third kappa shape index (κ3) is 3.17. The van der Waals surface area contributed by atoms with Gasteiger partial charge in [-0.3, -0.25) is 4.79 Å². The number of carboxylic acids is 1. The Kier molecular flexibility index (Phi) is 4.75. The van der Waals surface area contributed by atoms with E-state index in [9.17, 15) is 4.79 Å². The molecule has 108 valence electrons. The number of aromatic nitrogens is 2. The molecule has 0 aliphatic heterocycles. The zero-order chi connectivity index (χ0) is 14.9. The number of fused-ring (bicyclic) bond motifs is 1. The molecule has 1 atom stereocenters. The molecule has 0 spiro atoms. The van der Waals surface area contributed by atoms with Gasteiger partial charge in [-0.1, -0.05) is 41.5 Å². The van der Waals surface area contributed by atoms with E-state index in [0.29, 0.717) is 5.92 Å². The zero-order valence-corrected chi connectivity index (χ0v) is 14.0. The van der Waals surface area contributed by atoms with Gasteiger partial charge in [-0.2, -0.15) is 0 Å². The zero-order valence-electron chi connectivity index (χ0n) is 11.6. The molecular weight excluding hydrogens is 340 g/mol. The highest BCUT2D eigenvalue weighted by Gasteiger charge is 2.19. The Morgan fingerprint density at radius 2 is 2.15 bits per heavy atom. The Morgan fingerprint density at radius 3 is 2.75 bits per heavy atom. The summed E-state index contributed by atoms with van der Waals surface area (Å²) in [4.78, 5) is 15.4. The Labute approximate surface area is 130 Å². The van der Waals surface area contributed by atoms with Gasteiger partial charge in [0.05, 0.1) is 16.8 Å². The van der Waals surface area contributed by atoms with Crippen LogP contribution >= 0.6 is 27.7 Å². The van der Waals surface area contributed by atoms with Gasteiger partial charge in [-0.05, 0) is 31.0 Å². The SMILES string of the molecule is CC(C)C(C)n1c(SCC(=O)O)nc2ccc(Br)cc21. The lowest BCUT2D eigenvalue weighted by Gasteiger charge is -2.20. The molecule has 0 radical (unpaired) electrons. The molecule has 1 aromatic carbocycles. The summed E-state index contributed by atoms with van der Waals surface area (Å²) in [6.07, 6.45) is 0. The molecule has 4 nitrogen and oxygen atoms in total. The molecule has 2 rings (SSSR count). The van der Waals surface area contributed by atoms with Crippen molar-refractivity contribution in [2.75, 3.05) is 5.75 Å². The highest BCUT2D eigenvalue weighted by atomic mass is 79.9. The predicted molar refractivity (Wildman–Crippen MR) is 85.3 cm³/mol. The van der Waals surface area contributed by atoms with Crippen LogP contribution < -0.4 is 0 Å². The van der Waals surface area contributed by atoms with Gasteiger partial charge in [-0.15, -0.1) is 0 Å². The van der Waals surface area contributed by atoms with Crippen molar-refractivity contribution in [2.45, 2.75) is 32.0 Å². The van der Waals surface area contributed by atoms with Crippen LogP contribution in [-0.4, -0.2) is 26.4 Å². The second kappa shape index (κ2) is 6.18. The number of carboxylic acid groups (broad SMARTS) is 1. The summed E-state index contributed by atoms with van der Waals surface area (Å²) in [7, 11) is 0. The first-order valence-electron chi connectivity index (χ1n) is 6.42. The normalized spacial score (nSPS) is 13.1. The molecule has 6 heteroatoms. The van der Waals surface area contributed by atoms with Gasteiger partial charge in [0.2, 0.25) is 0 Å². The van der Waals surface area contributed by atoms with Crippen molar-refractivity contribution in [3.05, 3.63) is 22.7 Å². The predicted octanol–water partition coefficient (Wildman–Crippen LogP) is 4.19. The van der Waals surface area contributed by atoms with Crippen LogP contribution in [0.3, 0.4) is 0 Å². The van der Waals surface area contributed by atoms with Gasteiger partial charge < -0.3 is 9.67 Å². The quantitative estimate of drug-likeness (QED) is 0.815. The number of halogens is 1. The summed E-state index contributed by atoms with van der Waals surface area (Å²) >= 11 is 4.75. The molecule has 0 aliphatic carbocycles. The molecule has 1 aromatic heterocycles. The molecule has 1 unspecified atom stereocenters. The van der Waals surface area contributed by atoms with Gasteiger partial charge in [0.15, 0.2) is 5.16 Å². The average Bonchev–Trinajstić information content (AvgIpc) is 2.72.